The number of hydrogen-bond donors (Lipinski definition) is 2. The molecule has 170 valence electrons. The van der Waals surface area contributed by atoms with Crippen LogP contribution < -0.4 is 5.73 Å². The Hall–Kier alpha value is -3.30. The Kier molecular flexibility index (Phi) is 6.06. The fraction of sp³-hybridized carbons (Fsp3) is 0.280. The second-order valence-electron chi connectivity index (χ2n) is 8.12. The minimum absolute atomic E-state index is 0.322. The maximum absolute atomic E-state index is 11.7. The van der Waals surface area contributed by atoms with Gasteiger partial charge in [-0.15, -0.1) is 0 Å². The summed E-state index contributed by atoms with van der Waals surface area (Å²) >= 11 is 0. The van der Waals surface area contributed by atoms with Crippen molar-refractivity contribution in [3.05, 3.63) is 95.9 Å². The van der Waals surface area contributed by atoms with Gasteiger partial charge in [-0.3, -0.25) is 0 Å². The third-order valence-electron chi connectivity index (χ3n) is 5.82. The van der Waals surface area contributed by atoms with Gasteiger partial charge in [0, 0.05) is 6.42 Å². The summed E-state index contributed by atoms with van der Waals surface area (Å²) in [5, 5.41) is 16.0. The highest BCUT2D eigenvalue weighted by atomic mass is 16.7. The number of ether oxygens (including phenoxy) is 3. The van der Waals surface area contributed by atoms with Crippen LogP contribution in [0.5, 0.6) is 0 Å². The van der Waals surface area contributed by atoms with Gasteiger partial charge in [0.15, 0.2) is 5.82 Å². The summed E-state index contributed by atoms with van der Waals surface area (Å²) < 4.78 is 19.8. The summed E-state index contributed by atoms with van der Waals surface area (Å²) in [6.07, 6.45) is 0.831. The summed E-state index contributed by atoms with van der Waals surface area (Å²) in [5.41, 5.74) is 9.10. The van der Waals surface area contributed by atoms with Crippen LogP contribution in [-0.4, -0.2) is 38.5 Å². The van der Waals surface area contributed by atoms with E-state index in [0.29, 0.717) is 43.3 Å². The maximum atomic E-state index is 11.7. The summed E-state index contributed by atoms with van der Waals surface area (Å²) in [6.45, 7) is 1.13. The molecule has 0 radical (unpaired) electrons. The monoisotopic (exact) mass is 446 g/mol. The van der Waals surface area contributed by atoms with Crippen LogP contribution in [0.25, 0.3) is 5.52 Å². The molecular formula is C25H26N4O4. The van der Waals surface area contributed by atoms with E-state index in [1.54, 1.807) is 16.6 Å². The molecule has 0 saturated carbocycles. The van der Waals surface area contributed by atoms with Gasteiger partial charge in [0.05, 0.1) is 25.9 Å². The first-order valence-corrected chi connectivity index (χ1v) is 10.9. The van der Waals surface area contributed by atoms with E-state index >= 15 is 0 Å². The van der Waals surface area contributed by atoms with Crippen molar-refractivity contribution in [1.82, 2.24) is 14.6 Å². The molecular weight excluding hydrogens is 420 g/mol. The average molecular weight is 447 g/mol. The molecule has 1 saturated heterocycles. The van der Waals surface area contributed by atoms with Crippen LogP contribution in [0, 0.1) is 0 Å². The smallest absolute Gasteiger partial charge is 0.237 e. The van der Waals surface area contributed by atoms with Crippen molar-refractivity contribution in [2.75, 3.05) is 12.3 Å². The predicted molar refractivity (Wildman–Crippen MR) is 122 cm³/mol. The van der Waals surface area contributed by atoms with E-state index in [9.17, 15) is 5.11 Å². The van der Waals surface area contributed by atoms with Crippen LogP contribution in [0.15, 0.2) is 79.1 Å². The zero-order chi connectivity index (χ0) is 22.7. The van der Waals surface area contributed by atoms with Crippen LogP contribution in [0.1, 0.15) is 23.2 Å². The molecule has 2 aromatic heterocycles. The van der Waals surface area contributed by atoms with Gasteiger partial charge in [0.25, 0.3) is 0 Å². The van der Waals surface area contributed by atoms with Gasteiger partial charge in [0.2, 0.25) is 5.79 Å². The molecule has 0 spiro atoms. The Morgan fingerprint density at radius 1 is 1.00 bits per heavy atom. The van der Waals surface area contributed by atoms with Crippen molar-refractivity contribution >= 4 is 11.3 Å². The molecule has 3 N–H and O–H groups in total. The lowest BCUT2D eigenvalue weighted by Gasteiger charge is -2.28. The second kappa shape index (κ2) is 9.29. The Bertz CT molecular complexity index is 1200. The standard InChI is InChI=1S/C25H26N4O4/c26-24-21-11-12-22(29(21)28-17-27-24)25(30)23(32-15-19-9-5-2-6-10-19)13-20(33-25)16-31-14-18-7-3-1-4-8-18/h1-12,17,20,23,30H,13-16H2,(H2,26,27,28)/t20?,23-,25?/m1/s1. The highest BCUT2D eigenvalue weighted by Gasteiger charge is 2.51. The highest BCUT2D eigenvalue weighted by Crippen LogP contribution is 2.40. The number of hydrogen-bond acceptors (Lipinski definition) is 7. The molecule has 0 aliphatic carbocycles. The molecule has 8 heteroatoms. The topological polar surface area (TPSA) is 104 Å². The van der Waals surface area contributed by atoms with Crippen molar-refractivity contribution in [2.45, 2.75) is 37.6 Å². The molecule has 1 aliphatic heterocycles. The normalized spacial score (nSPS) is 22.7. The fourth-order valence-electron chi connectivity index (χ4n) is 4.16. The third-order valence-corrected chi connectivity index (χ3v) is 5.82. The Morgan fingerprint density at radius 3 is 2.42 bits per heavy atom. The molecule has 3 heterocycles. The summed E-state index contributed by atoms with van der Waals surface area (Å²) in [7, 11) is 0. The molecule has 2 unspecified atom stereocenters. The first-order valence-electron chi connectivity index (χ1n) is 10.9. The van der Waals surface area contributed by atoms with E-state index in [0.717, 1.165) is 11.1 Å². The Morgan fingerprint density at radius 2 is 1.70 bits per heavy atom. The highest BCUT2D eigenvalue weighted by molar-refractivity contribution is 5.65. The van der Waals surface area contributed by atoms with Crippen molar-refractivity contribution in [3.8, 4) is 0 Å². The van der Waals surface area contributed by atoms with Gasteiger partial charge in [-0.2, -0.15) is 5.10 Å². The molecule has 2 aromatic carbocycles. The molecule has 0 amide bonds. The molecule has 1 fully saturated rings. The second-order valence-corrected chi connectivity index (χ2v) is 8.12. The summed E-state index contributed by atoms with van der Waals surface area (Å²) in [4.78, 5) is 4.02. The number of nitrogen functional groups attached to an aromatic ring is 1. The van der Waals surface area contributed by atoms with Crippen LogP contribution in [-0.2, 0) is 33.2 Å². The van der Waals surface area contributed by atoms with Gasteiger partial charge in [-0.05, 0) is 23.3 Å². The van der Waals surface area contributed by atoms with E-state index in [-0.39, 0.29) is 6.10 Å². The van der Waals surface area contributed by atoms with E-state index < -0.39 is 11.9 Å². The first kappa shape index (κ1) is 21.5. The number of nitrogens with zero attached hydrogens (tertiary/aromatic N) is 3. The number of benzene rings is 2. The van der Waals surface area contributed by atoms with Crippen LogP contribution in [0.4, 0.5) is 5.82 Å². The number of rotatable bonds is 8. The minimum Gasteiger partial charge on any atom is -0.382 e. The molecule has 3 atom stereocenters. The number of fused-ring (bicyclic) bond motifs is 1. The fourth-order valence-corrected chi connectivity index (χ4v) is 4.16. The zero-order valence-corrected chi connectivity index (χ0v) is 18.1. The number of aromatic nitrogens is 3. The quantitative estimate of drug-likeness (QED) is 0.429. The summed E-state index contributed by atoms with van der Waals surface area (Å²) in [6, 6.07) is 23.3. The molecule has 0 bridgehead atoms. The molecule has 4 aromatic rings. The lowest BCUT2D eigenvalue weighted by Crippen LogP contribution is -2.39. The van der Waals surface area contributed by atoms with E-state index in [1.807, 2.05) is 60.7 Å². The predicted octanol–water partition coefficient (Wildman–Crippen LogP) is 3.05. The lowest BCUT2D eigenvalue weighted by molar-refractivity contribution is -0.254. The molecule has 8 nitrogen and oxygen atoms in total. The maximum Gasteiger partial charge on any atom is 0.237 e. The van der Waals surface area contributed by atoms with Crippen molar-refractivity contribution in [2.24, 2.45) is 0 Å². The van der Waals surface area contributed by atoms with Crippen molar-refractivity contribution in [1.29, 1.82) is 0 Å². The molecule has 5 rings (SSSR count). The van der Waals surface area contributed by atoms with Gasteiger partial charge < -0.3 is 25.1 Å². The van der Waals surface area contributed by atoms with Crippen molar-refractivity contribution in [3.63, 3.8) is 0 Å². The summed E-state index contributed by atoms with van der Waals surface area (Å²) in [5.74, 6) is -1.40. The van der Waals surface area contributed by atoms with Crippen LogP contribution >= 0.6 is 0 Å². The van der Waals surface area contributed by atoms with Gasteiger partial charge in [-0.1, -0.05) is 60.7 Å². The first-order chi connectivity index (χ1) is 16.1. The van der Waals surface area contributed by atoms with Crippen molar-refractivity contribution < 1.29 is 19.3 Å². The molecule has 33 heavy (non-hydrogen) atoms. The number of nitrogens with two attached hydrogens (primary N) is 1. The zero-order valence-electron chi connectivity index (χ0n) is 18.1. The lowest BCUT2D eigenvalue weighted by atomic mass is 10.0. The Balaban J connectivity index is 1.36. The molecule has 1 aliphatic rings. The number of aliphatic hydroxyl groups is 1. The SMILES string of the molecule is Nc1ncnn2c(C3(O)OC(COCc4ccccc4)C[C@H]3OCc3ccccc3)ccc12. The van der Waals surface area contributed by atoms with Gasteiger partial charge in [-0.25, -0.2) is 9.50 Å². The van der Waals surface area contributed by atoms with Gasteiger partial charge in [0.1, 0.15) is 23.6 Å². The number of anilines is 1. The van der Waals surface area contributed by atoms with E-state index in [1.165, 1.54) is 6.33 Å². The largest absolute Gasteiger partial charge is 0.382 e. The van der Waals surface area contributed by atoms with Crippen LogP contribution in [0.2, 0.25) is 0 Å². The van der Waals surface area contributed by atoms with Gasteiger partial charge >= 0.3 is 0 Å². The Labute approximate surface area is 191 Å². The third kappa shape index (κ3) is 4.46. The van der Waals surface area contributed by atoms with E-state index in [4.69, 9.17) is 19.9 Å². The average Bonchev–Trinajstić information content (AvgIpc) is 3.42. The van der Waals surface area contributed by atoms with Crippen LogP contribution in [0.3, 0.4) is 0 Å². The minimum atomic E-state index is -1.72. The van der Waals surface area contributed by atoms with E-state index in [2.05, 4.69) is 10.1 Å².